The van der Waals surface area contributed by atoms with Gasteiger partial charge in [0.15, 0.2) is 0 Å². The monoisotopic (exact) mass is 330 g/mol. The zero-order valence-corrected chi connectivity index (χ0v) is 13.0. The number of hydrogen-bond donors (Lipinski definition) is 2. The standard InChI is InChI=1S/C14H16Cl2N2O3/c1-3-5-18(6-4-2)14(21)17-12-10(15)7-9(13(19)20)8-11(12)16/h3,7-8H,1,4-6H2,2H3,(H,17,21)(H,19,20). The molecule has 0 fully saturated rings. The average Bonchev–Trinajstić information content (AvgIpc) is 2.42. The minimum Gasteiger partial charge on any atom is -0.478 e. The Kier molecular flexibility index (Phi) is 6.52. The minimum atomic E-state index is -1.14. The van der Waals surface area contributed by atoms with Crippen LogP contribution in [0.5, 0.6) is 0 Å². The van der Waals surface area contributed by atoms with E-state index in [9.17, 15) is 9.59 Å². The van der Waals surface area contributed by atoms with Crippen LogP contribution in [0, 0.1) is 0 Å². The molecule has 0 aliphatic carbocycles. The molecule has 0 aliphatic heterocycles. The van der Waals surface area contributed by atoms with E-state index in [0.717, 1.165) is 6.42 Å². The van der Waals surface area contributed by atoms with Crippen LogP contribution in [0.3, 0.4) is 0 Å². The first-order chi connectivity index (χ1) is 9.90. The van der Waals surface area contributed by atoms with Gasteiger partial charge in [0.05, 0.1) is 21.3 Å². The highest BCUT2D eigenvalue weighted by molar-refractivity contribution is 6.40. The number of nitrogens with zero attached hydrogens (tertiary/aromatic N) is 1. The molecule has 0 radical (unpaired) electrons. The van der Waals surface area contributed by atoms with E-state index in [2.05, 4.69) is 11.9 Å². The number of halogens is 2. The van der Waals surface area contributed by atoms with Crippen molar-refractivity contribution >= 4 is 40.9 Å². The van der Waals surface area contributed by atoms with Gasteiger partial charge in [-0.1, -0.05) is 36.2 Å². The number of nitrogens with one attached hydrogen (secondary N) is 1. The molecule has 0 aromatic heterocycles. The highest BCUT2D eigenvalue weighted by atomic mass is 35.5. The van der Waals surface area contributed by atoms with Crippen molar-refractivity contribution in [2.75, 3.05) is 18.4 Å². The summed E-state index contributed by atoms with van der Waals surface area (Å²) >= 11 is 12.0. The molecule has 2 amide bonds. The van der Waals surface area contributed by atoms with Crippen molar-refractivity contribution < 1.29 is 14.7 Å². The smallest absolute Gasteiger partial charge is 0.335 e. The molecule has 0 unspecified atom stereocenters. The van der Waals surface area contributed by atoms with Gasteiger partial charge >= 0.3 is 12.0 Å². The van der Waals surface area contributed by atoms with Crippen LogP contribution in [0.4, 0.5) is 10.5 Å². The largest absolute Gasteiger partial charge is 0.478 e. The fourth-order valence-corrected chi connectivity index (χ4v) is 2.29. The first-order valence-corrected chi connectivity index (χ1v) is 7.05. The van der Waals surface area contributed by atoms with E-state index in [1.54, 1.807) is 11.0 Å². The zero-order chi connectivity index (χ0) is 16.0. The summed E-state index contributed by atoms with van der Waals surface area (Å²) in [5.74, 6) is -1.14. The van der Waals surface area contributed by atoms with Gasteiger partial charge in [-0.05, 0) is 18.6 Å². The van der Waals surface area contributed by atoms with Crippen molar-refractivity contribution in [3.8, 4) is 0 Å². The molecule has 1 aromatic carbocycles. The van der Waals surface area contributed by atoms with Gasteiger partial charge < -0.3 is 15.3 Å². The molecule has 0 spiro atoms. The number of hydrogen-bond acceptors (Lipinski definition) is 2. The van der Waals surface area contributed by atoms with Crippen molar-refractivity contribution in [3.05, 3.63) is 40.4 Å². The van der Waals surface area contributed by atoms with Gasteiger partial charge in [0.1, 0.15) is 0 Å². The van der Waals surface area contributed by atoms with Gasteiger partial charge in [-0.2, -0.15) is 0 Å². The van der Waals surface area contributed by atoms with Gasteiger partial charge in [0, 0.05) is 13.1 Å². The SMILES string of the molecule is C=CCN(CCC)C(=O)Nc1c(Cl)cc(C(=O)O)cc1Cl. The molecule has 2 N–H and O–H groups in total. The minimum absolute atomic E-state index is 0.0421. The van der Waals surface area contributed by atoms with E-state index in [1.807, 2.05) is 6.92 Å². The van der Waals surface area contributed by atoms with Crippen LogP contribution < -0.4 is 5.32 Å². The molecule has 0 bridgehead atoms. The number of carboxylic acid groups (broad SMARTS) is 1. The highest BCUT2D eigenvalue weighted by Gasteiger charge is 2.17. The van der Waals surface area contributed by atoms with Gasteiger partial charge in [0.2, 0.25) is 0 Å². The van der Waals surface area contributed by atoms with Crippen LogP contribution in [0.25, 0.3) is 0 Å². The zero-order valence-electron chi connectivity index (χ0n) is 11.5. The first-order valence-electron chi connectivity index (χ1n) is 6.29. The third kappa shape index (κ3) is 4.65. The van der Waals surface area contributed by atoms with E-state index in [0.29, 0.717) is 13.1 Å². The normalized spacial score (nSPS) is 10.0. The molecule has 114 valence electrons. The predicted molar refractivity (Wildman–Crippen MR) is 84.5 cm³/mol. The number of urea groups is 1. The van der Waals surface area contributed by atoms with E-state index in [-0.39, 0.29) is 27.3 Å². The molecule has 21 heavy (non-hydrogen) atoms. The molecule has 0 heterocycles. The van der Waals surface area contributed by atoms with Gasteiger partial charge in [-0.15, -0.1) is 6.58 Å². The number of amides is 2. The number of anilines is 1. The number of carboxylic acids is 1. The van der Waals surface area contributed by atoms with Crippen LogP contribution in [0.2, 0.25) is 10.0 Å². The molecule has 7 heteroatoms. The lowest BCUT2D eigenvalue weighted by Gasteiger charge is -2.21. The van der Waals surface area contributed by atoms with E-state index in [4.69, 9.17) is 28.3 Å². The van der Waals surface area contributed by atoms with Gasteiger partial charge in [0.25, 0.3) is 0 Å². The van der Waals surface area contributed by atoms with Crippen molar-refractivity contribution in [3.63, 3.8) is 0 Å². The van der Waals surface area contributed by atoms with Crippen LogP contribution in [-0.4, -0.2) is 35.1 Å². The Morgan fingerprint density at radius 3 is 2.38 bits per heavy atom. The maximum atomic E-state index is 12.1. The van der Waals surface area contributed by atoms with Crippen LogP contribution >= 0.6 is 23.2 Å². The van der Waals surface area contributed by atoms with Crippen molar-refractivity contribution in [2.45, 2.75) is 13.3 Å². The lowest BCUT2D eigenvalue weighted by Crippen LogP contribution is -2.35. The maximum absolute atomic E-state index is 12.1. The van der Waals surface area contributed by atoms with E-state index < -0.39 is 5.97 Å². The Labute approximate surface area is 133 Å². The van der Waals surface area contributed by atoms with Crippen LogP contribution in [0.1, 0.15) is 23.7 Å². The van der Waals surface area contributed by atoms with Crippen molar-refractivity contribution in [1.29, 1.82) is 0 Å². The summed E-state index contributed by atoms with van der Waals surface area (Å²) in [5.41, 5.74) is 0.151. The van der Waals surface area contributed by atoms with Crippen molar-refractivity contribution in [1.82, 2.24) is 4.90 Å². The molecular formula is C14H16Cl2N2O3. The van der Waals surface area contributed by atoms with Gasteiger partial charge in [-0.25, -0.2) is 9.59 Å². The summed E-state index contributed by atoms with van der Waals surface area (Å²) in [7, 11) is 0. The Bertz CT molecular complexity index is 538. The fraction of sp³-hybridized carbons (Fsp3) is 0.286. The molecule has 0 aliphatic rings. The quantitative estimate of drug-likeness (QED) is 0.770. The lowest BCUT2D eigenvalue weighted by atomic mass is 10.2. The summed E-state index contributed by atoms with van der Waals surface area (Å²) in [6, 6.07) is 2.11. The molecular weight excluding hydrogens is 315 g/mol. The Hall–Kier alpha value is -1.72. The number of carbonyl (C=O) groups excluding carboxylic acids is 1. The van der Waals surface area contributed by atoms with E-state index in [1.165, 1.54) is 12.1 Å². The molecule has 5 nitrogen and oxygen atoms in total. The van der Waals surface area contributed by atoms with Crippen molar-refractivity contribution in [2.24, 2.45) is 0 Å². The maximum Gasteiger partial charge on any atom is 0.335 e. The Balaban J connectivity index is 2.99. The number of benzene rings is 1. The number of aromatic carboxylic acids is 1. The molecule has 1 rings (SSSR count). The highest BCUT2D eigenvalue weighted by Crippen LogP contribution is 2.32. The molecule has 0 saturated heterocycles. The summed E-state index contributed by atoms with van der Waals surface area (Å²) < 4.78 is 0. The van der Waals surface area contributed by atoms with Gasteiger partial charge in [-0.3, -0.25) is 0 Å². The molecule has 0 atom stereocenters. The second kappa shape index (κ2) is 7.90. The Morgan fingerprint density at radius 2 is 1.95 bits per heavy atom. The number of carbonyl (C=O) groups is 2. The summed E-state index contributed by atoms with van der Waals surface area (Å²) in [5, 5.41) is 11.7. The summed E-state index contributed by atoms with van der Waals surface area (Å²) in [4.78, 5) is 24.6. The van der Waals surface area contributed by atoms with E-state index >= 15 is 0 Å². The van der Waals surface area contributed by atoms with Crippen LogP contribution in [-0.2, 0) is 0 Å². The summed E-state index contributed by atoms with van der Waals surface area (Å²) in [6.07, 6.45) is 2.41. The fourth-order valence-electron chi connectivity index (χ4n) is 1.70. The average molecular weight is 331 g/mol. The third-order valence-electron chi connectivity index (χ3n) is 2.65. The second-order valence-electron chi connectivity index (χ2n) is 4.28. The third-order valence-corrected chi connectivity index (χ3v) is 3.25. The topological polar surface area (TPSA) is 69.6 Å². The van der Waals surface area contributed by atoms with Crippen LogP contribution in [0.15, 0.2) is 24.8 Å². The second-order valence-corrected chi connectivity index (χ2v) is 5.10. The molecule has 0 saturated carbocycles. The lowest BCUT2D eigenvalue weighted by molar-refractivity contribution is 0.0697. The Morgan fingerprint density at radius 1 is 1.38 bits per heavy atom. The molecule has 1 aromatic rings. The predicted octanol–water partition coefficient (Wildman–Crippen LogP) is 4.12. The summed E-state index contributed by atoms with van der Waals surface area (Å²) in [6.45, 7) is 6.50. The number of rotatable bonds is 6. The first kappa shape index (κ1) is 17.3.